The number of aryl methyl sites for hydroxylation is 1. The van der Waals surface area contributed by atoms with Gasteiger partial charge in [-0.15, -0.1) is 0 Å². The Morgan fingerprint density at radius 3 is 2.40 bits per heavy atom. The monoisotopic (exact) mass is 450 g/mol. The molecule has 6 nitrogen and oxygen atoms in total. The molecule has 30 heavy (non-hydrogen) atoms. The predicted octanol–water partition coefficient (Wildman–Crippen LogP) is 4.02. The lowest BCUT2D eigenvalue weighted by Gasteiger charge is -2.21. The van der Waals surface area contributed by atoms with E-state index in [1.54, 1.807) is 47.6 Å². The molecule has 2 aromatic rings. The van der Waals surface area contributed by atoms with Gasteiger partial charge >= 0.3 is 0 Å². The van der Waals surface area contributed by atoms with Gasteiger partial charge in [-0.3, -0.25) is 4.79 Å². The van der Waals surface area contributed by atoms with Gasteiger partial charge in [0, 0.05) is 23.7 Å². The fraction of sp³-hybridized carbons (Fsp3) is 0.409. The second-order valence-electron chi connectivity index (χ2n) is 7.36. The van der Waals surface area contributed by atoms with E-state index < -0.39 is 10.0 Å². The highest BCUT2D eigenvalue weighted by atomic mass is 35.5. The maximum absolute atomic E-state index is 13.1. The van der Waals surface area contributed by atoms with Gasteiger partial charge in [-0.25, -0.2) is 8.42 Å². The topological polar surface area (TPSA) is 75.7 Å². The average Bonchev–Trinajstić information content (AvgIpc) is 3.03. The minimum Gasteiger partial charge on any atom is -0.492 e. The lowest BCUT2D eigenvalue weighted by atomic mass is 10.1. The molecule has 1 heterocycles. The third kappa shape index (κ3) is 5.74. The van der Waals surface area contributed by atoms with Gasteiger partial charge in [0.15, 0.2) is 0 Å². The van der Waals surface area contributed by atoms with Crippen LogP contribution in [0.4, 0.5) is 0 Å². The molecule has 1 aliphatic rings. The van der Waals surface area contributed by atoms with Crippen molar-refractivity contribution in [3.05, 3.63) is 58.6 Å². The summed E-state index contributed by atoms with van der Waals surface area (Å²) in [5, 5.41) is 3.40. The Labute approximate surface area is 183 Å². The van der Waals surface area contributed by atoms with Gasteiger partial charge in [-0.2, -0.15) is 4.31 Å². The van der Waals surface area contributed by atoms with E-state index in [9.17, 15) is 13.2 Å². The van der Waals surface area contributed by atoms with E-state index in [1.807, 2.05) is 0 Å². The van der Waals surface area contributed by atoms with Crippen molar-refractivity contribution in [1.82, 2.24) is 9.62 Å². The molecule has 0 aliphatic carbocycles. The van der Waals surface area contributed by atoms with Crippen molar-refractivity contribution in [2.75, 3.05) is 26.2 Å². The summed E-state index contributed by atoms with van der Waals surface area (Å²) in [6.45, 7) is 3.40. The molecule has 0 atom stereocenters. The van der Waals surface area contributed by atoms with Crippen LogP contribution in [-0.4, -0.2) is 44.9 Å². The van der Waals surface area contributed by atoms with Crippen molar-refractivity contribution in [2.45, 2.75) is 37.5 Å². The Morgan fingerprint density at radius 2 is 1.73 bits per heavy atom. The van der Waals surface area contributed by atoms with E-state index in [1.165, 1.54) is 6.07 Å². The van der Waals surface area contributed by atoms with E-state index in [4.69, 9.17) is 16.3 Å². The van der Waals surface area contributed by atoms with E-state index in [0.29, 0.717) is 41.5 Å². The molecule has 1 aliphatic heterocycles. The molecule has 1 fully saturated rings. The number of hydrogen-bond donors (Lipinski definition) is 1. The van der Waals surface area contributed by atoms with Crippen LogP contribution in [-0.2, 0) is 10.0 Å². The summed E-state index contributed by atoms with van der Waals surface area (Å²) in [6, 6.07) is 11.8. The van der Waals surface area contributed by atoms with Gasteiger partial charge in [0.1, 0.15) is 12.4 Å². The fourth-order valence-electron chi connectivity index (χ4n) is 3.41. The van der Waals surface area contributed by atoms with E-state index in [-0.39, 0.29) is 17.4 Å². The molecule has 1 amide bonds. The maximum atomic E-state index is 13.1. The van der Waals surface area contributed by atoms with Gasteiger partial charge in [-0.05, 0) is 61.7 Å². The zero-order chi connectivity index (χ0) is 21.6. The summed E-state index contributed by atoms with van der Waals surface area (Å²) in [7, 11) is -3.62. The normalized spacial score (nSPS) is 15.4. The second-order valence-corrected chi connectivity index (χ2v) is 9.70. The first-order valence-corrected chi connectivity index (χ1v) is 12.0. The van der Waals surface area contributed by atoms with Crippen LogP contribution >= 0.6 is 11.6 Å². The molecular formula is C22H27ClN2O4S. The van der Waals surface area contributed by atoms with Crippen molar-refractivity contribution < 1.29 is 17.9 Å². The van der Waals surface area contributed by atoms with Crippen LogP contribution in [0.3, 0.4) is 0 Å². The van der Waals surface area contributed by atoms with E-state index in [0.717, 1.165) is 25.7 Å². The van der Waals surface area contributed by atoms with Crippen LogP contribution in [0.2, 0.25) is 5.02 Å². The maximum Gasteiger partial charge on any atom is 0.251 e. The predicted molar refractivity (Wildman–Crippen MR) is 118 cm³/mol. The summed E-state index contributed by atoms with van der Waals surface area (Å²) in [5.74, 6) is 0.330. The second kappa shape index (κ2) is 10.3. The number of nitrogens with one attached hydrogen (secondary N) is 1. The first-order chi connectivity index (χ1) is 14.4. The van der Waals surface area contributed by atoms with Crippen molar-refractivity contribution in [3.63, 3.8) is 0 Å². The van der Waals surface area contributed by atoms with Crippen LogP contribution in [0.15, 0.2) is 47.4 Å². The SMILES string of the molecule is Cc1ccc(C(=O)NCCOc2ccc(Cl)cc2)cc1S(=O)(=O)N1CCCCCC1. The standard InChI is InChI=1S/C22H27ClN2O4S/c1-17-6-7-18(16-21(17)30(27,28)25-13-4-2-3-5-14-25)22(26)24-12-15-29-20-10-8-19(23)9-11-20/h6-11,16H,2-5,12-15H2,1H3,(H,24,26). The summed E-state index contributed by atoms with van der Waals surface area (Å²) in [4.78, 5) is 12.7. The molecule has 0 saturated carbocycles. The van der Waals surface area contributed by atoms with Gasteiger partial charge in [-0.1, -0.05) is 30.5 Å². The Balaban J connectivity index is 1.63. The molecule has 0 bridgehead atoms. The highest BCUT2D eigenvalue weighted by Gasteiger charge is 2.27. The van der Waals surface area contributed by atoms with E-state index >= 15 is 0 Å². The Kier molecular flexibility index (Phi) is 7.75. The molecule has 0 spiro atoms. The smallest absolute Gasteiger partial charge is 0.251 e. The Bertz CT molecular complexity index is 969. The molecule has 1 N–H and O–H groups in total. The number of nitrogens with zero attached hydrogens (tertiary/aromatic N) is 1. The fourth-order valence-corrected chi connectivity index (χ4v) is 5.30. The number of amides is 1. The van der Waals surface area contributed by atoms with Crippen molar-refractivity contribution in [3.8, 4) is 5.75 Å². The molecule has 0 unspecified atom stereocenters. The van der Waals surface area contributed by atoms with Crippen LogP contribution < -0.4 is 10.1 Å². The van der Waals surface area contributed by atoms with Gasteiger partial charge in [0.2, 0.25) is 10.0 Å². The van der Waals surface area contributed by atoms with Gasteiger partial charge < -0.3 is 10.1 Å². The highest BCUT2D eigenvalue weighted by molar-refractivity contribution is 7.89. The first kappa shape index (κ1) is 22.6. The summed E-state index contributed by atoms with van der Waals surface area (Å²) in [6.07, 6.45) is 3.83. The number of hydrogen-bond acceptors (Lipinski definition) is 4. The number of halogens is 1. The van der Waals surface area contributed by atoms with E-state index in [2.05, 4.69) is 5.32 Å². The molecule has 8 heteroatoms. The third-order valence-corrected chi connectivity index (χ3v) is 7.40. The van der Waals surface area contributed by atoms with Crippen LogP contribution in [0.1, 0.15) is 41.6 Å². The highest BCUT2D eigenvalue weighted by Crippen LogP contribution is 2.24. The van der Waals surface area contributed by atoms with Crippen LogP contribution in [0.5, 0.6) is 5.75 Å². The molecule has 1 saturated heterocycles. The van der Waals surface area contributed by atoms with Crippen molar-refractivity contribution in [2.24, 2.45) is 0 Å². The summed E-state index contributed by atoms with van der Waals surface area (Å²) in [5.41, 5.74) is 0.961. The summed E-state index contributed by atoms with van der Waals surface area (Å²) >= 11 is 5.84. The number of ether oxygens (including phenoxy) is 1. The Hall–Kier alpha value is -2.09. The largest absolute Gasteiger partial charge is 0.492 e. The first-order valence-electron chi connectivity index (χ1n) is 10.2. The molecule has 0 radical (unpaired) electrons. The van der Waals surface area contributed by atoms with Crippen LogP contribution in [0.25, 0.3) is 0 Å². The Morgan fingerprint density at radius 1 is 1.07 bits per heavy atom. The molecule has 0 aromatic heterocycles. The number of carbonyl (C=O) groups is 1. The van der Waals surface area contributed by atoms with Gasteiger partial charge in [0.05, 0.1) is 11.4 Å². The molecule has 3 rings (SSSR count). The quantitative estimate of drug-likeness (QED) is 0.646. The lowest BCUT2D eigenvalue weighted by molar-refractivity contribution is 0.0946. The molecular weight excluding hydrogens is 424 g/mol. The zero-order valence-electron chi connectivity index (χ0n) is 17.1. The molecule has 2 aromatic carbocycles. The number of rotatable bonds is 7. The lowest BCUT2D eigenvalue weighted by Crippen LogP contribution is -2.33. The van der Waals surface area contributed by atoms with Crippen molar-refractivity contribution >= 4 is 27.5 Å². The zero-order valence-corrected chi connectivity index (χ0v) is 18.6. The van der Waals surface area contributed by atoms with Crippen molar-refractivity contribution in [1.29, 1.82) is 0 Å². The molecule has 162 valence electrons. The summed E-state index contributed by atoms with van der Waals surface area (Å²) < 4.78 is 33.4. The number of benzene rings is 2. The number of carbonyl (C=O) groups excluding carboxylic acids is 1. The minimum absolute atomic E-state index is 0.203. The minimum atomic E-state index is -3.62. The average molecular weight is 451 g/mol. The van der Waals surface area contributed by atoms with Crippen LogP contribution in [0, 0.1) is 6.92 Å². The third-order valence-electron chi connectivity index (χ3n) is 5.10. The van der Waals surface area contributed by atoms with Gasteiger partial charge in [0.25, 0.3) is 5.91 Å². The number of sulfonamides is 1.